The van der Waals surface area contributed by atoms with Crippen molar-refractivity contribution in [2.45, 2.75) is 26.7 Å². The van der Waals surface area contributed by atoms with Crippen molar-refractivity contribution in [3.8, 4) is 0 Å². The van der Waals surface area contributed by atoms with Crippen LogP contribution in [0.4, 0.5) is 0 Å². The molecule has 0 aromatic heterocycles. The SMILES string of the molecule is CC(=O)CN1CCC(C)CC1. The van der Waals surface area contributed by atoms with Gasteiger partial charge in [-0.1, -0.05) is 6.92 Å². The molecule has 1 fully saturated rings. The van der Waals surface area contributed by atoms with Gasteiger partial charge in [0.1, 0.15) is 5.78 Å². The lowest BCUT2D eigenvalue weighted by molar-refractivity contribution is -0.118. The van der Waals surface area contributed by atoms with E-state index in [4.69, 9.17) is 0 Å². The van der Waals surface area contributed by atoms with E-state index in [0.717, 1.165) is 19.0 Å². The van der Waals surface area contributed by atoms with Crippen LogP contribution in [0.15, 0.2) is 0 Å². The first-order valence-corrected chi connectivity index (χ1v) is 4.40. The smallest absolute Gasteiger partial charge is 0.143 e. The third kappa shape index (κ3) is 3.02. The molecule has 0 aliphatic carbocycles. The van der Waals surface area contributed by atoms with E-state index in [1.807, 2.05) is 0 Å². The molecule has 1 aliphatic heterocycles. The van der Waals surface area contributed by atoms with Crippen LogP contribution in [0.5, 0.6) is 0 Å². The molecule has 0 aromatic rings. The summed E-state index contributed by atoms with van der Waals surface area (Å²) in [5.74, 6) is 1.15. The van der Waals surface area contributed by atoms with Gasteiger partial charge in [0.25, 0.3) is 0 Å². The molecule has 0 unspecified atom stereocenters. The lowest BCUT2D eigenvalue weighted by Crippen LogP contribution is -2.36. The minimum absolute atomic E-state index is 0.291. The van der Waals surface area contributed by atoms with Gasteiger partial charge in [-0.15, -0.1) is 0 Å². The number of hydrogen-bond acceptors (Lipinski definition) is 2. The van der Waals surface area contributed by atoms with Crippen molar-refractivity contribution in [1.29, 1.82) is 0 Å². The topological polar surface area (TPSA) is 20.3 Å². The predicted molar refractivity (Wildman–Crippen MR) is 45.5 cm³/mol. The normalized spacial score (nSPS) is 22.0. The minimum atomic E-state index is 0.291. The molecule has 0 aromatic carbocycles. The van der Waals surface area contributed by atoms with Gasteiger partial charge in [0, 0.05) is 0 Å². The number of likely N-dealkylation sites (tertiary alicyclic amines) is 1. The van der Waals surface area contributed by atoms with E-state index in [1.165, 1.54) is 12.8 Å². The maximum Gasteiger partial charge on any atom is 0.143 e. The molecule has 1 heterocycles. The predicted octanol–water partition coefficient (Wildman–Crippen LogP) is 1.31. The summed E-state index contributed by atoms with van der Waals surface area (Å²) in [6, 6.07) is 0. The molecule has 0 radical (unpaired) electrons. The first-order chi connectivity index (χ1) is 5.18. The highest BCUT2D eigenvalue weighted by Crippen LogP contribution is 2.15. The van der Waals surface area contributed by atoms with E-state index in [-0.39, 0.29) is 0 Å². The summed E-state index contributed by atoms with van der Waals surface area (Å²) in [5.41, 5.74) is 0. The Kier molecular flexibility index (Phi) is 3.06. The Morgan fingerprint density at radius 2 is 2.00 bits per heavy atom. The molecular formula is C9H17NO. The summed E-state index contributed by atoms with van der Waals surface area (Å²) in [6.07, 6.45) is 2.51. The molecule has 1 rings (SSSR count). The zero-order valence-electron chi connectivity index (χ0n) is 7.47. The molecule has 2 nitrogen and oxygen atoms in total. The van der Waals surface area contributed by atoms with Gasteiger partial charge in [-0.05, 0) is 38.8 Å². The number of piperidine rings is 1. The number of rotatable bonds is 2. The molecule has 1 aliphatic rings. The largest absolute Gasteiger partial charge is 0.299 e. The van der Waals surface area contributed by atoms with Crippen molar-refractivity contribution >= 4 is 5.78 Å². The van der Waals surface area contributed by atoms with E-state index < -0.39 is 0 Å². The fourth-order valence-electron chi connectivity index (χ4n) is 1.54. The van der Waals surface area contributed by atoms with Crippen LogP contribution < -0.4 is 0 Å². The minimum Gasteiger partial charge on any atom is -0.299 e. The molecule has 0 saturated carbocycles. The molecule has 0 atom stereocenters. The fraction of sp³-hybridized carbons (Fsp3) is 0.889. The Labute approximate surface area is 68.6 Å². The van der Waals surface area contributed by atoms with E-state index in [2.05, 4.69) is 11.8 Å². The lowest BCUT2D eigenvalue weighted by atomic mass is 9.99. The number of ketones is 1. The second kappa shape index (κ2) is 3.86. The average Bonchev–Trinajstić information content (AvgIpc) is 1.93. The van der Waals surface area contributed by atoms with E-state index in [9.17, 15) is 4.79 Å². The molecule has 11 heavy (non-hydrogen) atoms. The zero-order chi connectivity index (χ0) is 8.27. The second-order valence-corrected chi connectivity index (χ2v) is 3.66. The standard InChI is InChI=1S/C9H17NO/c1-8-3-5-10(6-4-8)7-9(2)11/h8H,3-7H2,1-2H3. The second-order valence-electron chi connectivity index (χ2n) is 3.66. The van der Waals surface area contributed by atoms with Gasteiger partial charge in [0.05, 0.1) is 6.54 Å². The van der Waals surface area contributed by atoms with Gasteiger partial charge in [-0.3, -0.25) is 9.69 Å². The molecule has 1 saturated heterocycles. The van der Waals surface area contributed by atoms with Crippen molar-refractivity contribution in [3.05, 3.63) is 0 Å². The van der Waals surface area contributed by atoms with Crippen LogP contribution in [-0.4, -0.2) is 30.3 Å². The van der Waals surface area contributed by atoms with Crippen molar-refractivity contribution in [1.82, 2.24) is 4.90 Å². The lowest BCUT2D eigenvalue weighted by Gasteiger charge is -2.29. The maximum atomic E-state index is 10.8. The average molecular weight is 155 g/mol. The van der Waals surface area contributed by atoms with Crippen LogP contribution in [0.1, 0.15) is 26.7 Å². The van der Waals surface area contributed by atoms with Crippen molar-refractivity contribution < 1.29 is 4.79 Å². The summed E-state index contributed by atoms with van der Waals surface area (Å²) in [6.45, 7) is 6.83. The Morgan fingerprint density at radius 1 is 1.45 bits per heavy atom. The monoisotopic (exact) mass is 155 g/mol. The number of carbonyl (C=O) groups excluding carboxylic acids is 1. The molecular weight excluding hydrogens is 138 g/mol. The van der Waals surface area contributed by atoms with E-state index in [0.29, 0.717) is 12.3 Å². The van der Waals surface area contributed by atoms with Crippen molar-refractivity contribution in [2.75, 3.05) is 19.6 Å². The Balaban J connectivity index is 2.22. The Bertz CT molecular complexity index is 136. The van der Waals surface area contributed by atoms with Gasteiger partial charge in [-0.25, -0.2) is 0 Å². The molecule has 0 amide bonds. The molecule has 0 bridgehead atoms. The summed E-state index contributed by atoms with van der Waals surface area (Å²) in [7, 11) is 0. The zero-order valence-corrected chi connectivity index (χ0v) is 7.47. The van der Waals surface area contributed by atoms with E-state index >= 15 is 0 Å². The number of Topliss-reactive ketones (excluding diaryl/α,β-unsaturated/α-hetero) is 1. The molecule has 64 valence electrons. The summed E-state index contributed by atoms with van der Waals surface area (Å²) in [4.78, 5) is 13.0. The summed E-state index contributed by atoms with van der Waals surface area (Å²) < 4.78 is 0. The summed E-state index contributed by atoms with van der Waals surface area (Å²) in [5, 5.41) is 0. The maximum absolute atomic E-state index is 10.8. The Morgan fingerprint density at radius 3 is 2.45 bits per heavy atom. The molecule has 0 N–H and O–H groups in total. The van der Waals surface area contributed by atoms with Gasteiger partial charge in [0.2, 0.25) is 0 Å². The van der Waals surface area contributed by atoms with Crippen LogP contribution >= 0.6 is 0 Å². The first-order valence-electron chi connectivity index (χ1n) is 4.40. The highest BCUT2D eigenvalue weighted by Gasteiger charge is 2.15. The Hall–Kier alpha value is -0.370. The van der Waals surface area contributed by atoms with E-state index in [1.54, 1.807) is 6.92 Å². The number of carbonyl (C=O) groups is 1. The number of hydrogen-bond donors (Lipinski definition) is 0. The van der Waals surface area contributed by atoms with Crippen LogP contribution in [-0.2, 0) is 4.79 Å². The van der Waals surface area contributed by atoms with Gasteiger partial charge in [0.15, 0.2) is 0 Å². The van der Waals surface area contributed by atoms with Gasteiger partial charge >= 0.3 is 0 Å². The van der Waals surface area contributed by atoms with Crippen LogP contribution in [0.25, 0.3) is 0 Å². The highest BCUT2D eigenvalue weighted by atomic mass is 16.1. The molecule has 0 spiro atoms. The van der Waals surface area contributed by atoms with Crippen molar-refractivity contribution in [3.63, 3.8) is 0 Å². The highest BCUT2D eigenvalue weighted by molar-refractivity contribution is 5.77. The van der Waals surface area contributed by atoms with Gasteiger partial charge < -0.3 is 0 Å². The fourth-order valence-corrected chi connectivity index (χ4v) is 1.54. The quantitative estimate of drug-likeness (QED) is 0.599. The summed E-state index contributed by atoms with van der Waals surface area (Å²) >= 11 is 0. The third-order valence-electron chi connectivity index (χ3n) is 2.32. The third-order valence-corrected chi connectivity index (χ3v) is 2.32. The van der Waals surface area contributed by atoms with Gasteiger partial charge in [-0.2, -0.15) is 0 Å². The molecule has 2 heteroatoms. The number of nitrogens with zero attached hydrogens (tertiary/aromatic N) is 1. The first kappa shape index (κ1) is 8.72. The van der Waals surface area contributed by atoms with Crippen molar-refractivity contribution in [2.24, 2.45) is 5.92 Å². The van der Waals surface area contributed by atoms with Crippen LogP contribution in [0, 0.1) is 5.92 Å². The van der Waals surface area contributed by atoms with Crippen LogP contribution in [0.2, 0.25) is 0 Å². The van der Waals surface area contributed by atoms with Crippen LogP contribution in [0.3, 0.4) is 0 Å².